The highest BCUT2D eigenvalue weighted by Crippen LogP contribution is 2.29. The Labute approximate surface area is 208 Å². The Morgan fingerprint density at radius 1 is 1.28 bits per heavy atom. The zero-order valence-corrected chi connectivity index (χ0v) is 19.8. The number of ether oxygens (including phenoxy) is 1. The molecule has 186 valence electrons. The van der Waals surface area contributed by atoms with Crippen molar-refractivity contribution in [1.29, 1.82) is 5.26 Å². The lowest BCUT2D eigenvalue weighted by atomic mass is 10.0. The van der Waals surface area contributed by atoms with Crippen molar-refractivity contribution < 1.29 is 19.1 Å². The Morgan fingerprint density at radius 3 is 2.86 bits per heavy atom. The minimum Gasteiger partial charge on any atom is -0.379 e. The molecule has 2 saturated heterocycles. The number of nitrogens with zero attached hydrogens (tertiary/aromatic N) is 5. The standard InChI is InChI=1S/C25H27N7O4/c26-11-18-12-27-22(10-20(18)28-19-5-8-36-15-19)30-25(35)32-7-1-3-16-9-17(21(14-33)29-24(16)32)13-31-6-2-4-23(31)34/h9-10,12,14,19H,1-8,13,15H2,(H2,27,28,30,35). The minimum atomic E-state index is -0.421. The molecule has 11 heteroatoms. The molecule has 5 heterocycles. The molecule has 0 aromatic carbocycles. The predicted molar refractivity (Wildman–Crippen MR) is 131 cm³/mol. The van der Waals surface area contributed by atoms with E-state index < -0.39 is 6.03 Å². The van der Waals surface area contributed by atoms with Crippen LogP contribution in [0, 0.1) is 11.3 Å². The van der Waals surface area contributed by atoms with Gasteiger partial charge in [-0.05, 0) is 37.3 Å². The van der Waals surface area contributed by atoms with Gasteiger partial charge in [0.2, 0.25) is 5.91 Å². The molecule has 0 aliphatic carbocycles. The van der Waals surface area contributed by atoms with Gasteiger partial charge < -0.3 is 15.0 Å². The second-order valence-electron chi connectivity index (χ2n) is 9.17. The molecule has 0 saturated carbocycles. The highest BCUT2D eigenvalue weighted by atomic mass is 16.5. The summed E-state index contributed by atoms with van der Waals surface area (Å²) in [5.41, 5.74) is 2.75. The Kier molecular flexibility index (Phi) is 6.77. The number of urea groups is 1. The van der Waals surface area contributed by atoms with Crippen molar-refractivity contribution in [1.82, 2.24) is 14.9 Å². The first-order valence-electron chi connectivity index (χ1n) is 12.1. The number of aryl methyl sites for hydroxylation is 1. The molecule has 11 nitrogen and oxygen atoms in total. The van der Waals surface area contributed by atoms with E-state index in [0.717, 1.165) is 31.2 Å². The summed E-state index contributed by atoms with van der Waals surface area (Å²) in [7, 11) is 0. The third kappa shape index (κ3) is 4.85. The fourth-order valence-electron chi connectivity index (χ4n) is 4.84. The van der Waals surface area contributed by atoms with Crippen molar-refractivity contribution in [3.8, 4) is 6.07 Å². The van der Waals surface area contributed by atoms with Crippen LogP contribution < -0.4 is 15.5 Å². The van der Waals surface area contributed by atoms with E-state index in [9.17, 15) is 19.6 Å². The van der Waals surface area contributed by atoms with E-state index in [-0.39, 0.29) is 17.6 Å². The molecular formula is C25H27N7O4. The molecule has 1 atom stereocenters. The number of nitriles is 1. The fourth-order valence-corrected chi connectivity index (χ4v) is 4.84. The quantitative estimate of drug-likeness (QED) is 0.590. The molecule has 3 amide bonds. The van der Waals surface area contributed by atoms with Crippen LogP contribution in [0.15, 0.2) is 18.3 Å². The first kappa shape index (κ1) is 23.7. The van der Waals surface area contributed by atoms with Crippen molar-refractivity contribution >= 4 is 35.5 Å². The molecule has 2 aromatic rings. The Morgan fingerprint density at radius 2 is 2.14 bits per heavy atom. The number of aromatic nitrogens is 2. The van der Waals surface area contributed by atoms with Gasteiger partial charge in [-0.15, -0.1) is 0 Å². The van der Waals surface area contributed by atoms with E-state index in [2.05, 4.69) is 26.7 Å². The van der Waals surface area contributed by atoms with Crippen LogP contribution in [0.25, 0.3) is 0 Å². The van der Waals surface area contributed by atoms with Gasteiger partial charge in [0, 0.05) is 50.5 Å². The van der Waals surface area contributed by atoms with Gasteiger partial charge in [-0.3, -0.25) is 19.8 Å². The molecule has 5 rings (SSSR count). The van der Waals surface area contributed by atoms with Gasteiger partial charge in [-0.1, -0.05) is 0 Å². The maximum Gasteiger partial charge on any atom is 0.328 e. The van der Waals surface area contributed by atoms with Crippen LogP contribution in [-0.4, -0.2) is 65.4 Å². The number of anilines is 3. The average molecular weight is 490 g/mol. The number of likely N-dealkylation sites (tertiary alicyclic amines) is 1. The summed E-state index contributed by atoms with van der Waals surface area (Å²) in [6.45, 7) is 2.67. The molecule has 36 heavy (non-hydrogen) atoms. The molecular weight excluding hydrogens is 462 g/mol. The maximum absolute atomic E-state index is 13.2. The number of pyridine rings is 2. The number of rotatable bonds is 6. The van der Waals surface area contributed by atoms with E-state index in [4.69, 9.17) is 4.74 Å². The molecule has 0 bridgehead atoms. The van der Waals surface area contributed by atoms with Gasteiger partial charge in [-0.25, -0.2) is 14.8 Å². The molecule has 2 fully saturated rings. The van der Waals surface area contributed by atoms with Crippen LogP contribution in [-0.2, 0) is 22.5 Å². The molecule has 2 aromatic heterocycles. The lowest BCUT2D eigenvalue weighted by Gasteiger charge is -2.29. The van der Waals surface area contributed by atoms with Crippen LogP contribution in [0.5, 0.6) is 0 Å². The van der Waals surface area contributed by atoms with Crippen molar-refractivity contribution in [3.63, 3.8) is 0 Å². The number of amides is 3. The van der Waals surface area contributed by atoms with E-state index in [1.54, 1.807) is 11.0 Å². The molecule has 2 N–H and O–H groups in total. The Balaban J connectivity index is 1.36. The summed E-state index contributed by atoms with van der Waals surface area (Å²) < 4.78 is 5.39. The van der Waals surface area contributed by atoms with Gasteiger partial charge in [-0.2, -0.15) is 5.26 Å². The zero-order valence-electron chi connectivity index (χ0n) is 19.8. The second kappa shape index (κ2) is 10.3. The summed E-state index contributed by atoms with van der Waals surface area (Å²) in [4.78, 5) is 49.1. The lowest BCUT2D eigenvalue weighted by Crippen LogP contribution is -2.40. The maximum atomic E-state index is 13.2. The Bertz CT molecular complexity index is 1240. The van der Waals surface area contributed by atoms with Gasteiger partial charge in [0.25, 0.3) is 0 Å². The van der Waals surface area contributed by atoms with E-state index in [1.807, 2.05) is 6.07 Å². The number of carbonyl (C=O) groups excluding carboxylic acids is 3. The van der Waals surface area contributed by atoms with Crippen LogP contribution in [0.2, 0.25) is 0 Å². The monoisotopic (exact) mass is 489 g/mol. The van der Waals surface area contributed by atoms with Crippen molar-refractivity contribution in [2.45, 2.75) is 44.7 Å². The van der Waals surface area contributed by atoms with Crippen LogP contribution in [0.4, 0.5) is 22.1 Å². The summed E-state index contributed by atoms with van der Waals surface area (Å²) in [6.07, 6.45) is 5.73. The summed E-state index contributed by atoms with van der Waals surface area (Å²) in [5.74, 6) is 0.814. The minimum absolute atomic E-state index is 0.0785. The number of hydrogen-bond donors (Lipinski definition) is 2. The van der Waals surface area contributed by atoms with Crippen LogP contribution >= 0.6 is 0 Å². The van der Waals surface area contributed by atoms with Gasteiger partial charge in [0.1, 0.15) is 23.4 Å². The van der Waals surface area contributed by atoms with E-state index >= 15 is 0 Å². The van der Waals surface area contributed by atoms with Crippen LogP contribution in [0.3, 0.4) is 0 Å². The molecule has 3 aliphatic rings. The SMILES string of the molecule is N#Cc1cnc(NC(=O)N2CCCc3cc(CN4CCCC4=O)c(C=O)nc32)cc1NC1CCOC1. The topological polar surface area (TPSA) is 141 Å². The van der Waals surface area contributed by atoms with Crippen molar-refractivity contribution in [2.75, 3.05) is 41.8 Å². The van der Waals surface area contributed by atoms with Crippen molar-refractivity contribution in [3.05, 3.63) is 40.7 Å². The number of nitrogens with one attached hydrogen (secondary N) is 2. The first-order chi connectivity index (χ1) is 17.6. The highest BCUT2D eigenvalue weighted by molar-refractivity contribution is 6.02. The normalized spacial score (nSPS) is 19.1. The van der Waals surface area contributed by atoms with Gasteiger partial charge in [0.15, 0.2) is 6.29 Å². The number of aldehydes is 1. The molecule has 1 unspecified atom stereocenters. The summed E-state index contributed by atoms with van der Waals surface area (Å²) in [6, 6.07) is 5.32. The van der Waals surface area contributed by atoms with E-state index in [0.29, 0.717) is 74.0 Å². The largest absolute Gasteiger partial charge is 0.379 e. The lowest BCUT2D eigenvalue weighted by molar-refractivity contribution is -0.128. The molecule has 3 aliphatic heterocycles. The average Bonchev–Trinajstić information content (AvgIpc) is 3.55. The summed E-state index contributed by atoms with van der Waals surface area (Å²) in [5, 5.41) is 15.5. The number of hydrogen-bond acceptors (Lipinski definition) is 8. The molecule has 0 spiro atoms. The second-order valence-corrected chi connectivity index (χ2v) is 9.17. The third-order valence-electron chi connectivity index (χ3n) is 6.71. The number of fused-ring (bicyclic) bond motifs is 1. The molecule has 0 radical (unpaired) electrons. The highest BCUT2D eigenvalue weighted by Gasteiger charge is 2.28. The van der Waals surface area contributed by atoms with E-state index in [1.165, 1.54) is 11.1 Å². The fraction of sp³-hybridized carbons (Fsp3) is 0.440. The smallest absolute Gasteiger partial charge is 0.328 e. The van der Waals surface area contributed by atoms with Gasteiger partial charge in [0.05, 0.1) is 23.9 Å². The zero-order chi connectivity index (χ0) is 25.1. The third-order valence-corrected chi connectivity index (χ3v) is 6.71. The predicted octanol–water partition coefficient (Wildman–Crippen LogP) is 2.47. The van der Waals surface area contributed by atoms with Gasteiger partial charge >= 0.3 is 6.03 Å². The van der Waals surface area contributed by atoms with Crippen molar-refractivity contribution in [2.24, 2.45) is 0 Å². The van der Waals surface area contributed by atoms with Crippen LogP contribution in [0.1, 0.15) is 52.9 Å². The Hall–Kier alpha value is -4.04. The first-order valence-corrected chi connectivity index (χ1v) is 12.1. The summed E-state index contributed by atoms with van der Waals surface area (Å²) >= 11 is 0. The number of carbonyl (C=O) groups is 3.